The fourth-order valence-corrected chi connectivity index (χ4v) is 6.16. The summed E-state index contributed by atoms with van der Waals surface area (Å²) in [7, 11) is 1.32. The van der Waals surface area contributed by atoms with Crippen LogP contribution in [0, 0.1) is 0 Å². The Bertz CT molecular complexity index is 1520. The van der Waals surface area contributed by atoms with E-state index in [-0.39, 0.29) is 40.8 Å². The normalized spacial score (nSPS) is 27.6. The smallest absolute Gasteiger partial charge is 0.306 e. The second kappa shape index (κ2) is 11.9. The van der Waals surface area contributed by atoms with Crippen LogP contribution < -0.4 is 10.5 Å². The fourth-order valence-electron chi connectivity index (χ4n) is 6.16. The van der Waals surface area contributed by atoms with Gasteiger partial charge in [0, 0.05) is 48.4 Å². The van der Waals surface area contributed by atoms with Crippen LogP contribution in [-0.4, -0.2) is 87.6 Å². The molecule has 6 N–H and O–H groups in total. The topological polar surface area (TPSA) is 212 Å². The number of phenols is 2. The number of carbonyl (C=O) groups excluding carboxylic acids is 4. The Kier molecular flexibility index (Phi) is 8.53. The molecule has 6 atom stereocenters. The van der Waals surface area contributed by atoms with Gasteiger partial charge < -0.3 is 45.1 Å². The van der Waals surface area contributed by atoms with Crippen LogP contribution in [-0.2, 0) is 30.2 Å². The number of ketones is 3. The van der Waals surface area contributed by atoms with Crippen molar-refractivity contribution >= 4 is 23.3 Å². The van der Waals surface area contributed by atoms with Crippen molar-refractivity contribution in [3.8, 4) is 17.2 Å². The molecule has 13 heteroatoms. The van der Waals surface area contributed by atoms with Crippen molar-refractivity contribution in [1.82, 2.24) is 0 Å². The molecule has 1 fully saturated rings. The summed E-state index contributed by atoms with van der Waals surface area (Å²) in [5, 5.41) is 45.0. The van der Waals surface area contributed by atoms with E-state index in [1.54, 1.807) is 13.8 Å². The maximum Gasteiger partial charge on any atom is 0.306 e. The standard InChI is InChI=1S/C31H35NO12/c1-4-6-20(34)42-12-19(33)31(40)10-15-23(18(11-31)44-21-9-16(32)26(35)13(2)43-21)30(39)25-24(28(15)37)27(36)14-7-5-8-17(41-3)22(14)29(25)38/h5,7-8,13,16,18,21,26,35,37,39-40H,4,6,9-12,32H2,1-3H3. The lowest BCUT2D eigenvalue weighted by Gasteiger charge is -2.42. The number of hydrogen-bond acceptors (Lipinski definition) is 13. The second-order valence-electron chi connectivity index (χ2n) is 11.4. The van der Waals surface area contributed by atoms with Gasteiger partial charge in [0.05, 0.1) is 42.1 Å². The zero-order chi connectivity index (χ0) is 32.1. The van der Waals surface area contributed by atoms with Crippen LogP contribution in [0.25, 0.3) is 0 Å². The molecule has 1 saturated heterocycles. The minimum absolute atomic E-state index is 0.00196. The largest absolute Gasteiger partial charge is 0.507 e. The molecule has 0 saturated carbocycles. The van der Waals surface area contributed by atoms with Gasteiger partial charge in [-0.15, -0.1) is 0 Å². The first-order chi connectivity index (χ1) is 20.8. The Morgan fingerprint density at radius 2 is 1.82 bits per heavy atom. The number of fused-ring (bicyclic) bond motifs is 3. The van der Waals surface area contributed by atoms with Gasteiger partial charge >= 0.3 is 5.97 Å². The lowest BCUT2D eigenvalue weighted by atomic mass is 9.72. The van der Waals surface area contributed by atoms with E-state index in [2.05, 4.69) is 0 Å². The molecule has 0 spiro atoms. The third-order valence-corrected chi connectivity index (χ3v) is 8.48. The molecule has 2 aliphatic carbocycles. The van der Waals surface area contributed by atoms with E-state index in [4.69, 9.17) is 24.7 Å². The number of carbonyl (C=O) groups is 4. The number of aromatic hydroxyl groups is 2. The Balaban J connectivity index is 1.62. The molecule has 0 aromatic heterocycles. The van der Waals surface area contributed by atoms with Crippen molar-refractivity contribution in [3.63, 3.8) is 0 Å². The molecule has 1 heterocycles. The van der Waals surface area contributed by atoms with E-state index in [1.807, 2.05) is 0 Å². The summed E-state index contributed by atoms with van der Waals surface area (Å²) in [5.74, 6) is -4.41. The number of rotatable bonds is 8. The van der Waals surface area contributed by atoms with Gasteiger partial charge in [-0.3, -0.25) is 19.2 Å². The van der Waals surface area contributed by atoms with Gasteiger partial charge in [0.2, 0.25) is 11.6 Å². The first kappa shape index (κ1) is 31.5. The number of Topliss-reactive ketones (excluding diaryl/α,β-unsaturated/α-hetero) is 1. The number of phenolic OH excluding ortho intramolecular Hbond substituents is 2. The predicted octanol–water partition coefficient (Wildman–Crippen LogP) is 1.35. The molecule has 1 aliphatic heterocycles. The Morgan fingerprint density at radius 3 is 2.48 bits per heavy atom. The lowest BCUT2D eigenvalue weighted by molar-refractivity contribution is -0.247. The third kappa shape index (κ3) is 5.24. The van der Waals surface area contributed by atoms with Crippen LogP contribution in [0.3, 0.4) is 0 Å². The number of ether oxygens (including phenoxy) is 4. The molecule has 13 nitrogen and oxygen atoms in total. The van der Waals surface area contributed by atoms with Crippen molar-refractivity contribution in [2.24, 2.45) is 5.73 Å². The third-order valence-electron chi connectivity index (χ3n) is 8.48. The zero-order valence-corrected chi connectivity index (χ0v) is 24.5. The Labute approximate surface area is 252 Å². The number of hydrogen-bond donors (Lipinski definition) is 5. The van der Waals surface area contributed by atoms with Crippen molar-refractivity contribution in [2.45, 2.75) is 82.2 Å². The molecule has 6 unspecified atom stereocenters. The van der Waals surface area contributed by atoms with Crippen molar-refractivity contribution in [3.05, 3.63) is 51.6 Å². The van der Waals surface area contributed by atoms with E-state index in [9.17, 15) is 39.6 Å². The quantitative estimate of drug-likeness (QED) is 0.180. The van der Waals surface area contributed by atoms with Gasteiger partial charge in [-0.1, -0.05) is 19.1 Å². The predicted molar refractivity (Wildman–Crippen MR) is 151 cm³/mol. The highest BCUT2D eigenvalue weighted by molar-refractivity contribution is 6.31. The van der Waals surface area contributed by atoms with E-state index in [0.717, 1.165) is 0 Å². The monoisotopic (exact) mass is 613 g/mol. The number of methoxy groups -OCH3 is 1. The minimum Gasteiger partial charge on any atom is -0.507 e. The molecule has 0 amide bonds. The van der Waals surface area contributed by atoms with Crippen LogP contribution >= 0.6 is 0 Å². The van der Waals surface area contributed by atoms with Gasteiger partial charge in [-0.05, 0) is 19.4 Å². The number of aliphatic hydroxyl groups is 2. The van der Waals surface area contributed by atoms with E-state index in [1.165, 1.54) is 25.3 Å². The molecular weight excluding hydrogens is 578 g/mol. The maximum absolute atomic E-state index is 13.8. The molecule has 0 bridgehead atoms. The maximum atomic E-state index is 13.8. The highest BCUT2D eigenvalue weighted by Crippen LogP contribution is 2.52. The number of aliphatic hydroxyl groups excluding tert-OH is 1. The summed E-state index contributed by atoms with van der Waals surface area (Å²) in [5.41, 5.74) is 2.31. The average molecular weight is 614 g/mol. The lowest BCUT2D eigenvalue weighted by Crippen LogP contribution is -2.53. The Hall–Kier alpha value is -3.88. The minimum atomic E-state index is -2.28. The second-order valence-corrected chi connectivity index (χ2v) is 11.4. The SMILES string of the molecule is CCCC(=O)OCC(=O)C1(O)Cc2c(O)c3c(c(O)c2C(OC2CC(N)C(O)C(C)O2)C1)C(=O)c1c(OC)cccc1C3=O. The molecule has 0 radical (unpaired) electrons. The van der Waals surface area contributed by atoms with Gasteiger partial charge in [0.15, 0.2) is 18.7 Å². The summed E-state index contributed by atoms with van der Waals surface area (Å²) >= 11 is 0. The fraction of sp³-hybridized carbons (Fsp3) is 0.484. The van der Waals surface area contributed by atoms with Gasteiger partial charge in [0.25, 0.3) is 0 Å². The summed E-state index contributed by atoms with van der Waals surface area (Å²) in [6.07, 6.45) is -4.75. The highest BCUT2D eigenvalue weighted by atomic mass is 16.7. The van der Waals surface area contributed by atoms with Crippen LogP contribution in [0.5, 0.6) is 17.2 Å². The number of esters is 1. The molecule has 2 aromatic rings. The van der Waals surface area contributed by atoms with Crippen LogP contribution in [0.15, 0.2) is 18.2 Å². The summed E-state index contributed by atoms with van der Waals surface area (Å²) in [6.45, 7) is 2.56. The summed E-state index contributed by atoms with van der Waals surface area (Å²) in [6, 6.07) is 3.61. The number of benzene rings is 2. The number of nitrogens with two attached hydrogens (primary N) is 1. The van der Waals surface area contributed by atoms with Gasteiger partial charge in [-0.2, -0.15) is 0 Å². The van der Waals surface area contributed by atoms with Gasteiger partial charge in [0.1, 0.15) is 22.8 Å². The molecular formula is C31H35NO12. The van der Waals surface area contributed by atoms with Crippen LogP contribution in [0.4, 0.5) is 0 Å². The van der Waals surface area contributed by atoms with Gasteiger partial charge in [-0.25, -0.2) is 0 Å². The van der Waals surface area contributed by atoms with Crippen molar-refractivity contribution in [2.75, 3.05) is 13.7 Å². The molecule has 44 heavy (non-hydrogen) atoms. The molecule has 236 valence electrons. The van der Waals surface area contributed by atoms with Crippen LogP contribution in [0.1, 0.15) is 88.6 Å². The van der Waals surface area contributed by atoms with E-state index >= 15 is 0 Å². The summed E-state index contributed by atoms with van der Waals surface area (Å²) in [4.78, 5) is 52.7. The molecule has 5 rings (SSSR count). The first-order valence-electron chi connectivity index (χ1n) is 14.4. The van der Waals surface area contributed by atoms with Crippen molar-refractivity contribution in [1.29, 1.82) is 0 Å². The molecule has 2 aromatic carbocycles. The first-order valence-corrected chi connectivity index (χ1v) is 14.4. The van der Waals surface area contributed by atoms with E-state index < -0.39 is 102 Å². The van der Waals surface area contributed by atoms with Crippen molar-refractivity contribution < 1.29 is 58.6 Å². The van der Waals surface area contributed by atoms with Crippen LogP contribution in [0.2, 0.25) is 0 Å². The highest BCUT2D eigenvalue weighted by Gasteiger charge is 2.50. The average Bonchev–Trinajstić information content (AvgIpc) is 2.98. The zero-order valence-electron chi connectivity index (χ0n) is 24.5. The summed E-state index contributed by atoms with van der Waals surface area (Å²) < 4.78 is 22.2. The van der Waals surface area contributed by atoms with E-state index in [0.29, 0.717) is 6.42 Å². The Morgan fingerprint density at radius 1 is 1.11 bits per heavy atom. The molecule has 3 aliphatic rings.